The Bertz CT molecular complexity index is 529. The molecule has 110 valence electrons. The van der Waals surface area contributed by atoms with Crippen LogP contribution in [-0.2, 0) is 25.9 Å². The minimum absolute atomic E-state index is 0.367. The summed E-state index contributed by atoms with van der Waals surface area (Å²) in [5.74, 6) is 0.500. The van der Waals surface area contributed by atoms with E-state index in [1.807, 2.05) is 40.7 Å². The Labute approximate surface area is 123 Å². The fraction of sp³-hybridized carbons (Fsp3) is 0.643. The highest BCUT2D eigenvalue weighted by molar-refractivity contribution is 7.83. The quantitative estimate of drug-likeness (QED) is 0.794. The van der Waals surface area contributed by atoms with Gasteiger partial charge in [-0.1, -0.05) is 6.07 Å². The molecule has 0 N–H and O–H groups in total. The maximum absolute atomic E-state index is 11.4. The molecule has 4 nitrogen and oxygen atoms in total. The van der Waals surface area contributed by atoms with Crippen LogP contribution in [0.5, 0.6) is 0 Å². The van der Waals surface area contributed by atoms with Gasteiger partial charge in [0.05, 0.1) is 11.2 Å². The Morgan fingerprint density at radius 2 is 1.80 bits per heavy atom. The van der Waals surface area contributed by atoms with E-state index in [0.717, 1.165) is 16.7 Å². The minimum atomic E-state index is -0.885. The first kappa shape index (κ1) is 15.7. The normalized spacial score (nSPS) is 22.0. The third-order valence-electron chi connectivity index (χ3n) is 4.06. The van der Waals surface area contributed by atoms with E-state index >= 15 is 0 Å². The van der Waals surface area contributed by atoms with E-state index in [0.29, 0.717) is 5.75 Å². The number of hydrogen-bond donors (Lipinski definition) is 0. The lowest BCUT2D eigenvalue weighted by atomic mass is 9.77. The van der Waals surface area contributed by atoms with E-state index in [2.05, 4.69) is 4.98 Å². The molecule has 1 aliphatic heterocycles. The summed E-state index contributed by atoms with van der Waals surface area (Å²) in [7, 11) is -1.30. The molecule has 1 saturated heterocycles. The van der Waals surface area contributed by atoms with Crippen LogP contribution in [0.1, 0.15) is 39.0 Å². The lowest BCUT2D eigenvalue weighted by Crippen LogP contribution is -2.41. The molecule has 1 aliphatic rings. The number of pyridine rings is 1. The van der Waals surface area contributed by atoms with Gasteiger partial charge in [0, 0.05) is 40.2 Å². The third kappa shape index (κ3) is 2.97. The second kappa shape index (κ2) is 5.24. The molecule has 1 fully saturated rings. The smallest absolute Gasteiger partial charge is 0.399 e. The first-order chi connectivity index (χ1) is 9.12. The summed E-state index contributed by atoms with van der Waals surface area (Å²) in [5, 5.41) is 0. The van der Waals surface area contributed by atoms with Gasteiger partial charge in [0.1, 0.15) is 0 Å². The van der Waals surface area contributed by atoms with Crippen LogP contribution in [0.15, 0.2) is 12.3 Å². The lowest BCUT2D eigenvalue weighted by molar-refractivity contribution is 0.00578. The standard InChI is InChI=1S/C14H22BNO3S/c1-10-12(7-11(8-16-10)9-20(6)17)15-18-13(2,3)14(4,5)19-15/h7-8H,9H2,1-6H3. The van der Waals surface area contributed by atoms with Gasteiger partial charge in [-0.3, -0.25) is 9.19 Å². The van der Waals surface area contributed by atoms with Crippen molar-refractivity contribution in [2.45, 2.75) is 51.6 Å². The molecule has 1 atom stereocenters. The molecule has 1 aromatic heterocycles. The van der Waals surface area contributed by atoms with Crippen molar-refractivity contribution in [2.75, 3.05) is 6.26 Å². The Morgan fingerprint density at radius 3 is 2.30 bits per heavy atom. The lowest BCUT2D eigenvalue weighted by Gasteiger charge is -2.32. The van der Waals surface area contributed by atoms with Gasteiger partial charge < -0.3 is 9.31 Å². The van der Waals surface area contributed by atoms with E-state index in [1.165, 1.54) is 0 Å². The Hall–Kier alpha value is -0.715. The highest BCUT2D eigenvalue weighted by Crippen LogP contribution is 2.36. The molecule has 0 amide bonds. The molecule has 0 aliphatic carbocycles. The van der Waals surface area contributed by atoms with E-state index in [-0.39, 0.29) is 11.2 Å². The van der Waals surface area contributed by atoms with Crippen LogP contribution in [0.2, 0.25) is 0 Å². The van der Waals surface area contributed by atoms with E-state index in [1.54, 1.807) is 12.5 Å². The number of aryl methyl sites for hydroxylation is 1. The maximum Gasteiger partial charge on any atom is 0.496 e. The molecular formula is C14H22BNO3S. The first-order valence-electron chi connectivity index (χ1n) is 6.73. The molecule has 0 saturated carbocycles. The average Bonchev–Trinajstić information content (AvgIpc) is 2.50. The highest BCUT2D eigenvalue weighted by atomic mass is 32.2. The summed E-state index contributed by atoms with van der Waals surface area (Å²) in [6, 6.07) is 1.99. The molecule has 0 bridgehead atoms. The zero-order valence-corrected chi connectivity index (χ0v) is 13.8. The summed E-state index contributed by atoms with van der Waals surface area (Å²) >= 11 is 0. The largest absolute Gasteiger partial charge is 0.496 e. The molecule has 6 heteroatoms. The summed E-state index contributed by atoms with van der Waals surface area (Å²) in [6.07, 6.45) is 3.46. The van der Waals surface area contributed by atoms with Gasteiger partial charge >= 0.3 is 7.12 Å². The predicted octanol–water partition coefficient (Wildman–Crippen LogP) is 1.57. The van der Waals surface area contributed by atoms with E-state index < -0.39 is 17.9 Å². The summed E-state index contributed by atoms with van der Waals surface area (Å²) in [6.45, 7) is 10.1. The number of nitrogens with zero attached hydrogens (tertiary/aromatic N) is 1. The molecule has 1 aromatic rings. The fourth-order valence-corrected chi connectivity index (χ4v) is 2.75. The van der Waals surface area contributed by atoms with Crippen molar-refractivity contribution in [2.24, 2.45) is 0 Å². The van der Waals surface area contributed by atoms with Gasteiger partial charge in [-0.05, 0) is 40.2 Å². The molecule has 0 spiro atoms. The minimum Gasteiger partial charge on any atom is -0.399 e. The first-order valence-corrected chi connectivity index (χ1v) is 8.46. The van der Waals surface area contributed by atoms with Crippen molar-refractivity contribution in [3.8, 4) is 0 Å². The van der Waals surface area contributed by atoms with Crippen LogP contribution in [0.3, 0.4) is 0 Å². The van der Waals surface area contributed by atoms with Gasteiger partial charge in [-0.25, -0.2) is 0 Å². The zero-order chi connectivity index (χ0) is 15.1. The second-order valence-corrected chi connectivity index (χ2v) is 7.76. The van der Waals surface area contributed by atoms with Gasteiger partial charge in [-0.2, -0.15) is 0 Å². The summed E-state index contributed by atoms with van der Waals surface area (Å²) in [5.41, 5.74) is 2.02. The fourth-order valence-electron chi connectivity index (χ4n) is 2.12. The molecule has 20 heavy (non-hydrogen) atoms. The molecule has 0 radical (unpaired) electrons. The Kier molecular flexibility index (Phi) is 4.11. The summed E-state index contributed by atoms with van der Waals surface area (Å²) in [4.78, 5) is 4.38. The molecule has 1 unspecified atom stereocenters. The van der Waals surface area contributed by atoms with Gasteiger partial charge in [0.25, 0.3) is 0 Å². The summed E-state index contributed by atoms with van der Waals surface area (Å²) < 4.78 is 23.5. The molecule has 2 rings (SSSR count). The molecule has 2 heterocycles. The van der Waals surface area contributed by atoms with Crippen molar-refractivity contribution in [3.05, 3.63) is 23.5 Å². The number of aromatic nitrogens is 1. The van der Waals surface area contributed by atoms with Crippen LogP contribution in [-0.4, -0.2) is 33.8 Å². The van der Waals surface area contributed by atoms with Gasteiger partial charge in [0.2, 0.25) is 0 Å². The zero-order valence-electron chi connectivity index (χ0n) is 13.0. The third-order valence-corrected chi connectivity index (χ3v) is 4.80. The van der Waals surface area contributed by atoms with Crippen molar-refractivity contribution in [3.63, 3.8) is 0 Å². The topological polar surface area (TPSA) is 48.4 Å². The Morgan fingerprint density at radius 1 is 1.25 bits per heavy atom. The van der Waals surface area contributed by atoms with Gasteiger partial charge in [-0.15, -0.1) is 0 Å². The van der Waals surface area contributed by atoms with Crippen LogP contribution in [0.4, 0.5) is 0 Å². The van der Waals surface area contributed by atoms with Crippen LogP contribution in [0.25, 0.3) is 0 Å². The van der Waals surface area contributed by atoms with Crippen molar-refractivity contribution >= 4 is 23.4 Å². The second-order valence-electron chi connectivity index (χ2n) is 6.32. The number of rotatable bonds is 3. The SMILES string of the molecule is Cc1ncc(CS(C)=O)cc1B1OC(C)(C)C(C)(C)O1. The van der Waals surface area contributed by atoms with Crippen LogP contribution < -0.4 is 5.46 Å². The Balaban J connectivity index is 2.32. The van der Waals surface area contributed by atoms with E-state index in [9.17, 15) is 4.21 Å². The van der Waals surface area contributed by atoms with Crippen molar-refractivity contribution in [1.29, 1.82) is 0 Å². The van der Waals surface area contributed by atoms with Crippen molar-refractivity contribution in [1.82, 2.24) is 4.98 Å². The van der Waals surface area contributed by atoms with Crippen molar-refractivity contribution < 1.29 is 13.5 Å². The number of hydrogen-bond acceptors (Lipinski definition) is 4. The predicted molar refractivity (Wildman–Crippen MR) is 82.5 cm³/mol. The highest BCUT2D eigenvalue weighted by Gasteiger charge is 2.52. The monoisotopic (exact) mass is 295 g/mol. The van der Waals surface area contributed by atoms with Gasteiger partial charge in [0.15, 0.2) is 0 Å². The van der Waals surface area contributed by atoms with Crippen LogP contribution in [0, 0.1) is 6.92 Å². The average molecular weight is 295 g/mol. The molecular weight excluding hydrogens is 273 g/mol. The van der Waals surface area contributed by atoms with Crippen LogP contribution >= 0.6 is 0 Å². The maximum atomic E-state index is 11.4. The van der Waals surface area contributed by atoms with E-state index in [4.69, 9.17) is 9.31 Å². The molecule has 0 aromatic carbocycles.